The van der Waals surface area contributed by atoms with Gasteiger partial charge in [0.05, 0.1) is 19.0 Å². The van der Waals surface area contributed by atoms with E-state index in [1.165, 1.54) is 14.0 Å². The number of methoxy groups -OCH3 is 1. The summed E-state index contributed by atoms with van der Waals surface area (Å²) < 4.78 is 37.8. The molecular formula is C16H23NO5S. The molecule has 1 N–H and O–H groups in total. The van der Waals surface area contributed by atoms with Crippen molar-refractivity contribution in [3.63, 3.8) is 0 Å². The number of carbonyl (C=O) groups is 1. The van der Waals surface area contributed by atoms with Crippen LogP contribution in [0.25, 0.3) is 0 Å². The molecule has 1 aliphatic rings. The summed E-state index contributed by atoms with van der Waals surface area (Å²) in [6.07, 6.45) is 2.28. The van der Waals surface area contributed by atoms with Crippen molar-refractivity contribution in [3.8, 4) is 0 Å². The van der Waals surface area contributed by atoms with Gasteiger partial charge in [0.1, 0.15) is 0 Å². The quantitative estimate of drug-likeness (QED) is 0.794. The molecule has 0 amide bonds. The molecule has 0 aromatic heterocycles. The highest BCUT2D eigenvalue weighted by Crippen LogP contribution is 2.24. The third-order valence-electron chi connectivity index (χ3n) is 3.98. The van der Waals surface area contributed by atoms with E-state index < -0.39 is 21.5 Å². The number of nitrogens with one attached hydrogen (secondary N) is 1. The van der Waals surface area contributed by atoms with Gasteiger partial charge in [0, 0.05) is 6.61 Å². The van der Waals surface area contributed by atoms with Gasteiger partial charge in [0.15, 0.2) is 5.54 Å². The van der Waals surface area contributed by atoms with E-state index in [1.807, 2.05) is 0 Å². The zero-order valence-electron chi connectivity index (χ0n) is 13.4. The van der Waals surface area contributed by atoms with Gasteiger partial charge in [0.2, 0.25) is 10.0 Å². The zero-order valence-corrected chi connectivity index (χ0v) is 14.3. The van der Waals surface area contributed by atoms with E-state index in [4.69, 9.17) is 9.47 Å². The van der Waals surface area contributed by atoms with E-state index in [0.29, 0.717) is 18.6 Å². The lowest BCUT2D eigenvalue weighted by molar-refractivity contribution is -0.147. The van der Waals surface area contributed by atoms with Crippen LogP contribution in [-0.4, -0.2) is 40.0 Å². The number of esters is 1. The molecule has 128 valence electrons. The lowest BCUT2D eigenvalue weighted by atomic mass is 9.93. The van der Waals surface area contributed by atoms with Crippen molar-refractivity contribution in [3.05, 3.63) is 35.9 Å². The predicted molar refractivity (Wildman–Crippen MR) is 86.3 cm³/mol. The summed E-state index contributed by atoms with van der Waals surface area (Å²) in [5.74, 6) is -0.816. The van der Waals surface area contributed by atoms with Crippen molar-refractivity contribution in [2.75, 3.05) is 19.5 Å². The van der Waals surface area contributed by atoms with Crippen LogP contribution in [0.1, 0.15) is 31.7 Å². The Morgan fingerprint density at radius 3 is 2.61 bits per heavy atom. The summed E-state index contributed by atoms with van der Waals surface area (Å²) in [6, 6.07) is 8.67. The molecule has 0 unspecified atom stereocenters. The molecule has 0 saturated carbocycles. The molecule has 1 aliphatic heterocycles. The molecule has 23 heavy (non-hydrogen) atoms. The molecule has 0 aliphatic carbocycles. The van der Waals surface area contributed by atoms with Crippen molar-refractivity contribution in [1.29, 1.82) is 0 Å². The Labute approximate surface area is 137 Å². The van der Waals surface area contributed by atoms with Gasteiger partial charge in [-0.2, -0.15) is 4.72 Å². The average Bonchev–Trinajstić information content (AvgIpc) is 2.54. The number of sulfonamides is 1. The first-order valence-corrected chi connectivity index (χ1v) is 9.30. The standard InChI is InChI=1S/C16H23NO5S/c1-16(15(18)21-2,13-8-4-3-5-9-13)17-23(19,20)12-14-10-6-7-11-22-14/h3-5,8-9,14,17H,6-7,10-12H2,1-2H3/t14-,16-/m1/s1. The molecule has 1 aromatic rings. The fraction of sp³-hybridized carbons (Fsp3) is 0.562. The minimum absolute atomic E-state index is 0.160. The second-order valence-corrected chi connectivity index (χ2v) is 7.62. The highest BCUT2D eigenvalue weighted by Gasteiger charge is 2.40. The Morgan fingerprint density at radius 2 is 2.04 bits per heavy atom. The van der Waals surface area contributed by atoms with Gasteiger partial charge < -0.3 is 9.47 Å². The van der Waals surface area contributed by atoms with Gasteiger partial charge in [-0.15, -0.1) is 0 Å². The Bertz CT molecular complexity index is 625. The van der Waals surface area contributed by atoms with Crippen LogP contribution in [-0.2, 0) is 29.8 Å². The number of hydrogen-bond donors (Lipinski definition) is 1. The van der Waals surface area contributed by atoms with Gasteiger partial charge >= 0.3 is 5.97 Å². The minimum atomic E-state index is -3.72. The van der Waals surface area contributed by atoms with E-state index >= 15 is 0 Å². The summed E-state index contributed by atoms with van der Waals surface area (Å²) in [4.78, 5) is 12.2. The lowest BCUT2D eigenvalue weighted by Gasteiger charge is -2.29. The van der Waals surface area contributed by atoms with Gasteiger partial charge in [-0.25, -0.2) is 13.2 Å². The molecule has 1 fully saturated rings. The molecule has 2 atom stereocenters. The summed E-state index contributed by atoms with van der Waals surface area (Å²) in [6.45, 7) is 2.08. The fourth-order valence-corrected chi connectivity index (χ4v) is 4.39. The van der Waals surface area contributed by atoms with E-state index in [1.54, 1.807) is 30.3 Å². The second-order valence-electron chi connectivity index (χ2n) is 5.85. The summed E-state index contributed by atoms with van der Waals surface area (Å²) >= 11 is 0. The van der Waals surface area contributed by atoms with Crippen LogP contribution in [0.15, 0.2) is 30.3 Å². The molecule has 1 saturated heterocycles. The Hall–Kier alpha value is -1.44. The Kier molecular flexibility index (Phi) is 5.78. The average molecular weight is 341 g/mol. The van der Waals surface area contributed by atoms with Crippen LogP contribution in [0, 0.1) is 0 Å². The maximum atomic E-state index is 12.5. The number of benzene rings is 1. The van der Waals surface area contributed by atoms with Gasteiger partial charge in [-0.1, -0.05) is 30.3 Å². The SMILES string of the molecule is COC(=O)[C@](C)(NS(=O)(=O)C[C@H]1CCCCO1)c1ccccc1. The molecule has 0 radical (unpaired) electrons. The van der Waals surface area contributed by atoms with Crippen molar-refractivity contribution >= 4 is 16.0 Å². The normalized spacial score (nSPS) is 21.4. The summed E-state index contributed by atoms with van der Waals surface area (Å²) in [5.41, 5.74) is -0.941. The molecule has 6 nitrogen and oxygen atoms in total. The van der Waals surface area contributed by atoms with E-state index in [2.05, 4.69) is 4.72 Å². The molecule has 0 spiro atoms. The van der Waals surface area contributed by atoms with E-state index in [-0.39, 0.29) is 11.9 Å². The van der Waals surface area contributed by atoms with Crippen molar-refractivity contribution in [2.24, 2.45) is 0 Å². The number of ether oxygens (including phenoxy) is 2. The number of hydrogen-bond acceptors (Lipinski definition) is 5. The maximum Gasteiger partial charge on any atom is 0.331 e. The van der Waals surface area contributed by atoms with Crippen LogP contribution in [0.2, 0.25) is 0 Å². The monoisotopic (exact) mass is 341 g/mol. The van der Waals surface area contributed by atoms with Crippen LogP contribution in [0.5, 0.6) is 0 Å². The second kappa shape index (κ2) is 7.42. The molecular weight excluding hydrogens is 318 g/mol. The highest BCUT2D eigenvalue weighted by atomic mass is 32.2. The van der Waals surface area contributed by atoms with Crippen LogP contribution < -0.4 is 4.72 Å². The molecule has 1 heterocycles. The first kappa shape index (κ1) is 17.9. The third-order valence-corrected chi connectivity index (χ3v) is 5.51. The highest BCUT2D eigenvalue weighted by molar-refractivity contribution is 7.89. The lowest BCUT2D eigenvalue weighted by Crippen LogP contribution is -2.52. The first-order chi connectivity index (χ1) is 10.9. The first-order valence-electron chi connectivity index (χ1n) is 7.64. The molecule has 1 aromatic carbocycles. The van der Waals surface area contributed by atoms with Crippen LogP contribution >= 0.6 is 0 Å². The van der Waals surface area contributed by atoms with E-state index in [9.17, 15) is 13.2 Å². The molecule has 7 heteroatoms. The zero-order chi connectivity index (χ0) is 16.9. The van der Waals surface area contributed by atoms with Crippen molar-refractivity contribution in [1.82, 2.24) is 4.72 Å². The van der Waals surface area contributed by atoms with Crippen molar-refractivity contribution in [2.45, 2.75) is 37.8 Å². The molecule has 0 bridgehead atoms. The smallest absolute Gasteiger partial charge is 0.331 e. The minimum Gasteiger partial charge on any atom is -0.467 e. The van der Waals surface area contributed by atoms with Gasteiger partial charge in [-0.3, -0.25) is 0 Å². The largest absolute Gasteiger partial charge is 0.467 e. The maximum absolute atomic E-state index is 12.5. The third kappa shape index (κ3) is 4.53. The van der Waals surface area contributed by atoms with Crippen LogP contribution in [0.3, 0.4) is 0 Å². The predicted octanol–water partition coefficient (Wildman–Crippen LogP) is 1.56. The van der Waals surface area contributed by atoms with Crippen molar-refractivity contribution < 1.29 is 22.7 Å². The van der Waals surface area contributed by atoms with Crippen LogP contribution in [0.4, 0.5) is 0 Å². The van der Waals surface area contributed by atoms with Gasteiger partial charge in [-0.05, 0) is 31.7 Å². The molecule has 2 rings (SSSR count). The van der Waals surface area contributed by atoms with Gasteiger partial charge in [0.25, 0.3) is 0 Å². The number of carbonyl (C=O) groups excluding carboxylic acids is 1. The number of rotatable bonds is 6. The Morgan fingerprint density at radius 1 is 1.35 bits per heavy atom. The topological polar surface area (TPSA) is 81.7 Å². The summed E-state index contributed by atoms with van der Waals surface area (Å²) in [7, 11) is -2.48. The Balaban J connectivity index is 2.21. The summed E-state index contributed by atoms with van der Waals surface area (Å²) in [5, 5.41) is 0. The van der Waals surface area contributed by atoms with E-state index in [0.717, 1.165) is 12.8 Å². The fourth-order valence-electron chi connectivity index (χ4n) is 2.73.